The molecule has 4 rings (SSSR count). The van der Waals surface area contributed by atoms with Crippen LogP contribution in [0, 0.1) is 0 Å². The summed E-state index contributed by atoms with van der Waals surface area (Å²) in [5, 5.41) is 10.6. The zero-order chi connectivity index (χ0) is 19.5. The topological polar surface area (TPSA) is 78.3 Å². The number of halogens is 2. The Bertz CT molecular complexity index is 1020. The van der Waals surface area contributed by atoms with Crippen LogP contribution in [0.25, 0.3) is 23.1 Å². The van der Waals surface area contributed by atoms with Gasteiger partial charge in [0.05, 0.1) is 17.8 Å². The number of rotatable bonds is 5. The highest BCUT2D eigenvalue weighted by atomic mass is 35.5. The van der Waals surface area contributed by atoms with Crippen LogP contribution in [0.4, 0.5) is 11.6 Å². The Morgan fingerprint density at radius 1 is 0.967 bits per heavy atom. The molecule has 30 heavy (non-hydrogen) atoms. The number of aliphatic hydroxyl groups excluding tert-OH is 1. The van der Waals surface area contributed by atoms with Crippen molar-refractivity contribution in [3.05, 3.63) is 47.7 Å². The highest BCUT2D eigenvalue weighted by Gasteiger charge is 2.15. The molecule has 3 heterocycles. The van der Waals surface area contributed by atoms with Crippen LogP contribution < -0.4 is 9.80 Å². The number of fused-ring (bicyclic) bond motifs is 1. The second kappa shape index (κ2) is 10.5. The Balaban J connectivity index is 0.00000160. The number of aromatic nitrogens is 4. The minimum absolute atomic E-state index is 0. The number of hydrogen-bond acceptors (Lipinski definition) is 7. The lowest BCUT2D eigenvalue weighted by Crippen LogP contribution is -2.20. The number of anilines is 2. The van der Waals surface area contributed by atoms with Gasteiger partial charge < -0.3 is 14.9 Å². The van der Waals surface area contributed by atoms with E-state index in [0.717, 1.165) is 35.6 Å². The number of hydrogen-bond donors (Lipinski definition) is 1. The summed E-state index contributed by atoms with van der Waals surface area (Å²) in [6, 6.07) is 9.82. The van der Waals surface area contributed by atoms with Crippen molar-refractivity contribution in [2.24, 2.45) is 0 Å². The number of benzene rings is 1. The van der Waals surface area contributed by atoms with Crippen LogP contribution in [0.3, 0.4) is 0 Å². The van der Waals surface area contributed by atoms with Crippen LogP contribution in [-0.4, -0.2) is 52.2 Å². The average molecular weight is 449 g/mol. The first kappa shape index (κ1) is 23.8. The molecular weight excluding hydrogens is 423 g/mol. The molecule has 0 bridgehead atoms. The summed E-state index contributed by atoms with van der Waals surface area (Å²) in [6.07, 6.45) is 5.97. The quantitative estimate of drug-likeness (QED) is 0.638. The maximum Gasteiger partial charge on any atom is 0.155 e. The minimum atomic E-state index is -0.110. The van der Waals surface area contributed by atoms with E-state index in [0.29, 0.717) is 17.3 Å². The second-order valence-electron chi connectivity index (χ2n) is 7.08. The molecule has 9 heteroatoms. The monoisotopic (exact) mass is 448 g/mol. The Morgan fingerprint density at radius 2 is 1.63 bits per heavy atom. The van der Waals surface area contributed by atoms with E-state index in [4.69, 9.17) is 0 Å². The summed E-state index contributed by atoms with van der Waals surface area (Å²) < 4.78 is 0. The van der Waals surface area contributed by atoms with Crippen LogP contribution in [-0.2, 0) is 6.61 Å². The Kier molecular flexibility index (Phi) is 8.34. The molecule has 0 unspecified atom stereocenters. The summed E-state index contributed by atoms with van der Waals surface area (Å²) in [5.74, 6) is 2.89. The molecule has 2 aromatic heterocycles. The molecular formula is C21H26Cl2N6O. The van der Waals surface area contributed by atoms with E-state index in [1.165, 1.54) is 12.8 Å². The van der Waals surface area contributed by atoms with Gasteiger partial charge in [-0.1, -0.05) is 12.1 Å². The lowest BCUT2D eigenvalue weighted by molar-refractivity contribution is 0.276. The first-order valence-corrected chi connectivity index (χ1v) is 9.50. The van der Waals surface area contributed by atoms with Crippen molar-refractivity contribution in [3.63, 3.8) is 0 Å². The zero-order valence-corrected chi connectivity index (χ0v) is 18.7. The lowest BCUT2D eigenvalue weighted by atomic mass is 10.2. The van der Waals surface area contributed by atoms with Crippen LogP contribution in [0.5, 0.6) is 0 Å². The van der Waals surface area contributed by atoms with Gasteiger partial charge in [-0.15, -0.1) is 24.8 Å². The normalized spacial score (nSPS) is 13.4. The van der Waals surface area contributed by atoms with E-state index in [1.807, 2.05) is 61.5 Å². The van der Waals surface area contributed by atoms with Crippen molar-refractivity contribution in [3.8, 4) is 0 Å². The van der Waals surface area contributed by atoms with Crippen molar-refractivity contribution in [2.75, 3.05) is 37.0 Å². The lowest BCUT2D eigenvalue weighted by Gasteiger charge is -2.17. The fraction of sp³-hybridized carbons (Fsp3) is 0.333. The molecule has 1 aromatic carbocycles. The van der Waals surface area contributed by atoms with Gasteiger partial charge in [0.25, 0.3) is 0 Å². The van der Waals surface area contributed by atoms with Crippen molar-refractivity contribution in [1.82, 2.24) is 19.9 Å². The number of para-hydroxylation sites is 1. The third-order valence-electron chi connectivity index (χ3n) is 4.78. The van der Waals surface area contributed by atoms with Gasteiger partial charge >= 0.3 is 0 Å². The van der Waals surface area contributed by atoms with Gasteiger partial charge in [-0.2, -0.15) is 0 Å². The maximum absolute atomic E-state index is 9.57. The highest BCUT2D eigenvalue weighted by Crippen LogP contribution is 2.23. The summed E-state index contributed by atoms with van der Waals surface area (Å²) in [7, 11) is 3.94. The molecule has 1 saturated heterocycles. The second-order valence-corrected chi connectivity index (χ2v) is 7.08. The van der Waals surface area contributed by atoms with E-state index in [1.54, 1.807) is 0 Å². The summed E-state index contributed by atoms with van der Waals surface area (Å²) in [5.41, 5.74) is 1.51. The SMILES string of the molecule is CN(C)c1nc(C=Cc2nc(CO)cc(N3CCCC3)n2)nc2ccccc12.Cl.Cl. The van der Waals surface area contributed by atoms with Crippen LogP contribution in [0.1, 0.15) is 30.2 Å². The third kappa shape index (κ3) is 5.16. The van der Waals surface area contributed by atoms with E-state index in [9.17, 15) is 5.11 Å². The predicted octanol–water partition coefficient (Wildman–Crippen LogP) is 3.59. The van der Waals surface area contributed by atoms with Crippen molar-refractivity contribution in [2.45, 2.75) is 19.4 Å². The number of aliphatic hydroxyl groups is 1. The van der Waals surface area contributed by atoms with Gasteiger partial charge in [0.1, 0.15) is 11.6 Å². The molecule has 1 N–H and O–H groups in total. The Hall–Kier alpha value is -2.48. The van der Waals surface area contributed by atoms with Crippen molar-refractivity contribution < 1.29 is 5.11 Å². The molecule has 1 aliphatic heterocycles. The highest BCUT2D eigenvalue weighted by molar-refractivity contribution is 5.90. The summed E-state index contributed by atoms with van der Waals surface area (Å²) >= 11 is 0. The fourth-order valence-electron chi connectivity index (χ4n) is 3.41. The molecule has 7 nitrogen and oxygen atoms in total. The average Bonchev–Trinajstić information content (AvgIpc) is 3.26. The number of nitrogens with zero attached hydrogens (tertiary/aromatic N) is 6. The molecule has 0 amide bonds. The summed E-state index contributed by atoms with van der Waals surface area (Å²) in [4.78, 5) is 22.6. The first-order valence-electron chi connectivity index (χ1n) is 9.50. The van der Waals surface area contributed by atoms with Crippen LogP contribution in [0.15, 0.2) is 30.3 Å². The Morgan fingerprint density at radius 3 is 2.30 bits per heavy atom. The Labute approximate surface area is 188 Å². The minimum Gasteiger partial charge on any atom is -0.390 e. The first-order chi connectivity index (χ1) is 13.6. The van der Waals surface area contributed by atoms with Crippen molar-refractivity contribution >= 4 is 59.5 Å². The molecule has 1 fully saturated rings. The van der Waals surface area contributed by atoms with Gasteiger partial charge in [-0.3, -0.25) is 0 Å². The molecule has 0 spiro atoms. The molecule has 160 valence electrons. The molecule has 0 atom stereocenters. The molecule has 0 saturated carbocycles. The molecule has 1 aliphatic rings. The van der Waals surface area contributed by atoms with Gasteiger partial charge in [0.15, 0.2) is 11.6 Å². The third-order valence-corrected chi connectivity index (χ3v) is 4.78. The van der Waals surface area contributed by atoms with Crippen LogP contribution >= 0.6 is 24.8 Å². The van der Waals surface area contributed by atoms with E-state index >= 15 is 0 Å². The predicted molar refractivity (Wildman–Crippen MR) is 127 cm³/mol. The molecule has 0 radical (unpaired) electrons. The van der Waals surface area contributed by atoms with E-state index in [2.05, 4.69) is 24.8 Å². The van der Waals surface area contributed by atoms with Crippen LogP contribution in [0.2, 0.25) is 0 Å². The smallest absolute Gasteiger partial charge is 0.155 e. The molecule has 3 aromatic rings. The largest absolute Gasteiger partial charge is 0.390 e. The zero-order valence-electron chi connectivity index (χ0n) is 17.0. The van der Waals surface area contributed by atoms with Crippen molar-refractivity contribution in [1.29, 1.82) is 0 Å². The van der Waals surface area contributed by atoms with E-state index < -0.39 is 0 Å². The standard InChI is InChI=1S/C21H24N6O.2ClH/c1-26(2)21-16-7-3-4-8-17(16)23-19(25-21)10-9-18-22-15(14-28)13-20(24-18)27-11-5-6-12-27;;/h3-4,7-10,13,28H,5-6,11-12,14H2,1-2H3;2*1H. The summed E-state index contributed by atoms with van der Waals surface area (Å²) in [6.45, 7) is 1.87. The van der Waals surface area contributed by atoms with Gasteiger partial charge in [0, 0.05) is 38.6 Å². The van der Waals surface area contributed by atoms with Gasteiger partial charge in [-0.25, -0.2) is 19.9 Å². The molecule has 0 aliphatic carbocycles. The van der Waals surface area contributed by atoms with Gasteiger partial charge in [0.2, 0.25) is 0 Å². The maximum atomic E-state index is 9.57. The fourth-order valence-corrected chi connectivity index (χ4v) is 3.41. The van der Waals surface area contributed by atoms with E-state index in [-0.39, 0.29) is 31.4 Å². The van der Waals surface area contributed by atoms with Gasteiger partial charge in [-0.05, 0) is 37.1 Å².